The number of ether oxygens (including phenoxy) is 1. The van der Waals surface area contributed by atoms with Crippen molar-refractivity contribution >= 4 is 11.9 Å². The summed E-state index contributed by atoms with van der Waals surface area (Å²) < 4.78 is 4.50. The van der Waals surface area contributed by atoms with Crippen LogP contribution < -0.4 is 0 Å². The van der Waals surface area contributed by atoms with Crippen molar-refractivity contribution in [2.24, 2.45) is 0 Å². The highest BCUT2D eigenvalue weighted by Crippen LogP contribution is 1.97. The van der Waals surface area contributed by atoms with Gasteiger partial charge in [0, 0.05) is 18.9 Å². The Bertz CT molecular complexity index is 183. The molecular formula is C7H10O4. The Kier molecular flexibility index (Phi) is 3.95. The molecule has 0 saturated heterocycles. The van der Waals surface area contributed by atoms with Crippen molar-refractivity contribution in [1.82, 2.24) is 0 Å². The van der Waals surface area contributed by atoms with Crippen molar-refractivity contribution < 1.29 is 19.4 Å². The number of esters is 1. The van der Waals surface area contributed by atoms with E-state index in [1.807, 2.05) is 0 Å². The van der Waals surface area contributed by atoms with Crippen LogP contribution in [0.2, 0.25) is 0 Å². The van der Waals surface area contributed by atoms with Gasteiger partial charge in [-0.15, -0.1) is 0 Å². The van der Waals surface area contributed by atoms with Crippen molar-refractivity contribution in [3.8, 4) is 0 Å². The number of hydrogen-bond donors (Lipinski definition) is 1. The molecule has 0 atom stereocenters. The molecule has 0 aliphatic carbocycles. The van der Waals surface area contributed by atoms with E-state index < -0.39 is 11.9 Å². The van der Waals surface area contributed by atoms with Crippen molar-refractivity contribution in [1.29, 1.82) is 0 Å². The first-order chi connectivity index (χ1) is 5.04. The number of rotatable bonds is 4. The molecule has 0 unspecified atom stereocenters. The number of carboxylic acids is 1. The Morgan fingerprint density at radius 1 is 1.55 bits per heavy atom. The first-order valence-electron chi connectivity index (χ1n) is 3.08. The van der Waals surface area contributed by atoms with Crippen LogP contribution in [0, 0.1) is 0 Å². The van der Waals surface area contributed by atoms with Crippen LogP contribution in [0.4, 0.5) is 0 Å². The highest BCUT2D eigenvalue weighted by atomic mass is 16.5. The fourth-order valence-corrected chi connectivity index (χ4v) is 0.425. The minimum absolute atomic E-state index is 0.0475. The fourth-order valence-electron chi connectivity index (χ4n) is 0.425. The van der Waals surface area contributed by atoms with E-state index in [4.69, 9.17) is 5.11 Å². The molecule has 0 aliphatic rings. The van der Waals surface area contributed by atoms with E-state index >= 15 is 0 Å². The molecule has 0 bridgehead atoms. The molecule has 11 heavy (non-hydrogen) atoms. The SMILES string of the molecule is C=C(CCOC(C)=O)C(=O)O. The summed E-state index contributed by atoms with van der Waals surface area (Å²) in [6, 6.07) is 0. The maximum absolute atomic E-state index is 10.2. The zero-order valence-corrected chi connectivity index (χ0v) is 6.29. The summed E-state index contributed by atoms with van der Waals surface area (Å²) in [7, 11) is 0. The normalized spacial score (nSPS) is 8.82. The second-order valence-electron chi connectivity index (χ2n) is 2.00. The van der Waals surface area contributed by atoms with Crippen molar-refractivity contribution in [3.63, 3.8) is 0 Å². The lowest BCUT2D eigenvalue weighted by Gasteiger charge is -2.00. The van der Waals surface area contributed by atoms with E-state index in [-0.39, 0.29) is 18.6 Å². The molecule has 1 N–H and O–H groups in total. The van der Waals surface area contributed by atoms with E-state index in [2.05, 4.69) is 11.3 Å². The topological polar surface area (TPSA) is 63.6 Å². The van der Waals surface area contributed by atoms with Gasteiger partial charge in [0.1, 0.15) is 0 Å². The number of carbonyl (C=O) groups is 2. The zero-order valence-electron chi connectivity index (χ0n) is 6.29. The maximum atomic E-state index is 10.2. The molecule has 0 amide bonds. The zero-order chi connectivity index (χ0) is 8.85. The highest BCUT2D eigenvalue weighted by molar-refractivity contribution is 5.85. The standard InChI is InChI=1S/C7H10O4/c1-5(7(9)10)3-4-11-6(2)8/h1,3-4H2,2H3,(H,9,10). The summed E-state index contributed by atoms with van der Waals surface area (Å²) in [4.78, 5) is 20.3. The van der Waals surface area contributed by atoms with Crippen LogP contribution >= 0.6 is 0 Å². The molecule has 0 fully saturated rings. The number of hydrogen-bond acceptors (Lipinski definition) is 3. The number of carboxylic acid groups (broad SMARTS) is 1. The smallest absolute Gasteiger partial charge is 0.331 e. The molecule has 0 aliphatic heterocycles. The van der Waals surface area contributed by atoms with Gasteiger partial charge in [0.25, 0.3) is 0 Å². The Morgan fingerprint density at radius 2 is 2.09 bits per heavy atom. The Balaban J connectivity index is 3.47. The lowest BCUT2D eigenvalue weighted by molar-refractivity contribution is -0.141. The molecule has 0 aromatic heterocycles. The average Bonchev–Trinajstić information content (AvgIpc) is 1.86. The van der Waals surface area contributed by atoms with E-state index in [9.17, 15) is 9.59 Å². The van der Waals surface area contributed by atoms with E-state index in [0.29, 0.717) is 0 Å². The van der Waals surface area contributed by atoms with Crippen molar-refractivity contribution in [2.45, 2.75) is 13.3 Å². The monoisotopic (exact) mass is 158 g/mol. The second kappa shape index (κ2) is 4.49. The lowest BCUT2D eigenvalue weighted by atomic mass is 10.2. The molecule has 0 radical (unpaired) electrons. The molecule has 0 aromatic carbocycles. The van der Waals surface area contributed by atoms with Crippen LogP contribution in [-0.2, 0) is 14.3 Å². The first-order valence-corrected chi connectivity index (χ1v) is 3.08. The quantitative estimate of drug-likeness (QED) is 0.480. The third kappa shape index (κ3) is 5.14. The van der Waals surface area contributed by atoms with Gasteiger partial charge in [-0.05, 0) is 0 Å². The number of aliphatic carboxylic acids is 1. The third-order valence-corrected chi connectivity index (χ3v) is 1.01. The van der Waals surface area contributed by atoms with Crippen molar-refractivity contribution in [3.05, 3.63) is 12.2 Å². The lowest BCUT2D eigenvalue weighted by Crippen LogP contribution is -2.05. The van der Waals surface area contributed by atoms with Crippen LogP contribution in [-0.4, -0.2) is 23.7 Å². The van der Waals surface area contributed by atoms with E-state index in [1.54, 1.807) is 0 Å². The van der Waals surface area contributed by atoms with Gasteiger partial charge in [0.05, 0.1) is 6.61 Å². The predicted octanol–water partition coefficient (Wildman–Crippen LogP) is 0.580. The summed E-state index contributed by atoms with van der Waals surface area (Å²) in [5.41, 5.74) is 0.0475. The summed E-state index contributed by atoms with van der Waals surface area (Å²) in [5, 5.41) is 8.31. The van der Waals surface area contributed by atoms with Gasteiger partial charge in [-0.1, -0.05) is 6.58 Å². The van der Waals surface area contributed by atoms with Gasteiger partial charge in [-0.2, -0.15) is 0 Å². The highest BCUT2D eigenvalue weighted by Gasteiger charge is 2.03. The first kappa shape index (κ1) is 9.68. The molecule has 62 valence electrons. The Morgan fingerprint density at radius 3 is 2.45 bits per heavy atom. The summed E-state index contributed by atoms with van der Waals surface area (Å²) in [6.07, 6.45) is 0.176. The van der Waals surface area contributed by atoms with E-state index in [1.165, 1.54) is 6.92 Å². The maximum Gasteiger partial charge on any atom is 0.331 e. The molecule has 0 rings (SSSR count). The van der Waals surface area contributed by atoms with Gasteiger partial charge in [0.15, 0.2) is 0 Å². The molecule has 0 spiro atoms. The minimum atomic E-state index is -1.06. The molecule has 0 heterocycles. The molecule has 0 aromatic rings. The van der Waals surface area contributed by atoms with Gasteiger partial charge in [-0.25, -0.2) is 4.79 Å². The second-order valence-corrected chi connectivity index (χ2v) is 2.00. The molecular weight excluding hydrogens is 148 g/mol. The van der Waals surface area contributed by atoms with E-state index in [0.717, 1.165) is 0 Å². The van der Waals surface area contributed by atoms with Crippen LogP contribution in [0.5, 0.6) is 0 Å². The largest absolute Gasteiger partial charge is 0.478 e. The van der Waals surface area contributed by atoms with Crippen molar-refractivity contribution in [2.75, 3.05) is 6.61 Å². The van der Waals surface area contributed by atoms with Gasteiger partial charge < -0.3 is 9.84 Å². The van der Waals surface area contributed by atoms with Gasteiger partial charge in [-0.3, -0.25) is 4.79 Å². The molecule has 4 heteroatoms. The minimum Gasteiger partial charge on any atom is -0.478 e. The Labute approximate surface area is 64.5 Å². The van der Waals surface area contributed by atoms with Crippen LogP contribution in [0.15, 0.2) is 12.2 Å². The van der Waals surface area contributed by atoms with Crippen LogP contribution in [0.1, 0.15) is 13.3 Å². The van der Waals surface area contributed by atoms with Crippen LogP contribution in [0.3, 0.4) is 0 Å². The molecule has 0 saturated carbocycles. The average molecular weight is 158 g/mol. The number of carbonyl (C=O) groups excluding carboxylic acids is 1. The Hall–Kier alpha value is -1.32. The third-order valence-electron chi connectivity index (χ3n) is 1.01. The summed E-state index contributed by atoms with van der Waals surface area (Å²) >= 11 is 0. The summed E-state index contributed by atoms with van der Waals surface area (Å²) in [6.45, 7) is 4.61. The van der Waals surface area contributed by atoms with Gasteiger partial charge >= 0.3 is 11.9 Å². The fraction of sp³-hybridized carbons (Fsp3) is 0.429. The summed E-state index contributed by atoms with van der Waals surface area (Å²) in [5.74, 6) is -1.47. The molecule has 4 nitrogen and oxygen atoms in total. The van der Waals surface area contributed by atoms with Crippen LogP contribution in [0.25, 0.3) is 0 Å². The van der Waals surface area contributed by atoms with Gasteiger partial charge in [0.2, 0.25) is 0 Å². The predicted molar refractivity (Wildman–Crippen MR) is 38.0 cm³/mol.